The molecule has 2 heterocycles. The monoisotopic (exact) mass is 329 g/mol. The molecule has 2 aliphatic heterocycles. The number of rotatable bonds is 2. The Morgan fingerprint density at radius 3 is 2.42 bits per heavy atom. The Hall–Kier alpha value is -3.03. The fourth-order valence-corrected chi connectivity index (χ4v) is 3.07. The molecule has 0 aliphatic carbocycles. The molecule has 1 atom stereocenters. The van der Waals surface area contributed by atoms with E-state index >= 15 is 0 Å². The van der Waals surface area contributed by atoms with Crippen molar-refractivity contribution in [3.63, 3.8) is 0 Å². The number of hydrazone groups is 1. The van der Waals surface area contributed by atoms with E-state index in [1.165, 1.54) is 14.0 Å². The number of esters is 1. The van der Waals surface area contributed by atoms with E-state index < -0.39 is 29.2 Å². The number of hydrogen-bond acceptors (Lipinski definition) is 6. The Balaban J connectivity index is 2.02. The van der Waals surface area contributed by atoms with Crippen LogP contribution in [0.2, 0.25) is 0 Å². The van der Waals surface area contributed by atoms with Crippen molar-refractivity contribution in [2.75, 3.05) is 12.0 Å². The predicted octanol–water partition coefficient (Wildman–Crippen LogP) is 0.470. The molecule has 0 N–H and O–H groups in total. The maximum atomic E-state index is 13.0. The minimum atomic E-state index is -1.50. The number of carbonyl (C=O) groups is 4. The molecule has 2 aliphatic rings. The van der Waals surface area contributed by atoms with Crippen LogP contribution in [0.3, 0.4) is 0 Å². The van der Waals surface area contributed by atoms with E-state index in [0.29, 0.717) is 5.69 Å². The maximum Gasteiger partial charge on any atom is 0.354 e. The summed E-state index contributed by atoms with van der Waals surface area (Å²) in [6, 6.07) is 8.43. The first-order valence-electron chi connectivity index (χ1n) is 7.30. The molecule has 0 bridgehead atoms. The molecule has 124 valence electrons. The average Bonchev–Trinajstić information content (AvgIpc) is 3.06. The second-order valence-corrected chi connectivity index (χ2v) is 5.62. The molecule has 1 saturated heterocycles. The van der Waals surface area contributed by atoms with Gasteiger partial charge >= 0.3 is 5.97 Å². The van der Waals surface area contributed by atoms with E-state index in [2.05, 4.69) is 9.84 Å². The summed E-state index contributed by atoms with van der Waals surface area (Å²) in [6.07, 6.45) is -0.378. The summed E-state index contributed by atoms with van der Waals surface area (Å²) in [5.41, 5.74) is -1.13. The summed E-state index contributed by atoms with van der Waals surface area (Å²) in [5.74, 6) is -2.27. The fourth-order valence-electron chi connectivity index (χ4n) is 3.07. The number of imide groups is 1. The van der Waals surface area contributed by atoms with Gasteiger partial charge in [-0.25, -0.2) is 14.7 Å². The molecule has 0 saturated carbocycles. The van der Waals surface area contributed by atoms with Crippen molar-refractivity contribution in [1.82, 2.24) is 5.01 Å². The molecule has 8 nitrogen and oxygen atoms in total. The quantitative estimate of drug-likeness (QED) is 0.580. The number of para-hydroxylation sites is 1. The number of anilines is 1. The van der Waals surface area contributed by atoms with E-state index in [1.54, 1.807) is 30.3 Å². The van der Waals surface area contributed by atoms with Gasteiger partial charge in [0.1, 0.15) is 5.71 Å². The predicted molar refractivity (Wildman–Crippen MR) is 82.9 cm³/mol. The minimum Gasteiger partial charge on any atom is -0.464 e. The zero-order valence-corrected chi connectivity index (χ0v) is 13.2. The van der Waals surface area contributed by atoms with Crippen molar-refractivity contribution < 1.29 is 23.9 Å². The molecule has 0 radical (unpaired) electrons. The van der Waals surface area contributed by atoms with Gasteiger partial charge in [-0.05, 0) is 12.1 Å². The Morgan fingerprint density at radius 2 is 1.83 bits per heavy atom. The van der Waals surface area contributed by atoms with Crippen molar-refractivity contribution in [2.45, 2.75) is 25.3 Å². The van der Waals surface area contributed by atoms with Crippen molar-refractivity contribution >= 4 is 35.1 Å². The van der Waals surface area contributed by atoms with Gasteiger partial charge < -0.3 is 4.74 Å². The lowest BCUT2D eigenvalue weighted by Crippen LogP contribution is -2.51. The molecule has 0 aromatic heterocycles. The molecule has 24 heavy (non-hydrogen) atoms. The lowest BCUT2D eigenvalue weighted by molar-refractivity contribution is -0.141. The third kappa shape index (κ3) is 2.18. The fraction of sp³-hybridized carbons (Fsp3) is 0.312. The van der Waals surface area contributed by atoms with Crippen LogP contribution in [0.25, 0.3) is 0 Å². The number of carbonyl (C=O) groups excluding carboxylic acids is 4. The summed E-state index contributed by atoms with van der Waals surface area (Å²) in [6.45, 7) is 1.23. The van der Waals surface area contributed by atoms with Crippen molar-refractivity contribution in [1.29, 1.82) is 0 Å². The zero-order valence-electron chi connectivity index (χ0n) is 13.2. The normalized spacial score (nSPS) is 23.0. The van der Waals surface area contributed by atoms with Gasteiger partial charge in [0.05, 0.1) is 19.2 Å². The van der Waals surface area contributed by atoms with Gasteiger partial charge in [-0.2, -0.15) is 5.10 Å². The van der Waals surface area contributed by atoms with Crippen molar-refractivity contribution in [2.24, 2.45) is 5.10 Å². The lowest BCUT2D eigenvalue weighted by atomic mass is 9.91. The second kappa shape index (κ2) is 5.55. The van der Waals surface area contributed by atoms with E-state index in [-0.39, 0.29) is 18.6 Å². The first kappa shape index (κ1) is 15.9. The van der Waals surface area contributed by atoms with Gasteiger partial charge in [0.2, 0.25) is 11.8 Å². The van der Waals surface area contributed by atoms with Crippen LogP contribution in [-0.2, 0) is 23.9 Å². The van der Waals surface area contributed by atoms with E-state index in [9.17, 15) is 19.2 Å². The highest BCUT2D eigenvalue weighted by molar-refractivity contribution is 6.39. The second-order valence-electron chi connectivity index (χ2n) is 5.62. The Labute approximate surface area is 137 Å². The number of nitrogens with zero attached hydrogens (tertiary/aromatic N) is 3. The summed E-state index contributed by atoms with van der Waals surface area (Å²) < 4.78 is 4.62. The molecule has 3 rings (SSSR count). The number of ether oxygens (including phenoxy) is 1. The summed E-state index contributed by atoms with van der Waals surface area (Å²) in [7, 11) is 1.19. The van der Waals surface area contributed by atoms with Crippen LogP contribution in [0, 0.1) is 0 Å². The molecule has 1 aromatic rings. The van der Waals surface area contributed by atoms with Crippen LogP contribution < -0.4 is 4.90 Å². The highest BCUT2D eigenvalue weighted by Crippen LogP contribution is 2.40. The zero-order chi connectivity index (χ0) is 17.5. The molecule has 1 aromatic carbocycles. The molecule has 1 unspecified atom stereocenters. The van der Waals surface area contributed by atoms with Crippen LogP contribution in [0.4, 0.5) is 5.69 Å². The van der Waals surface area contributed by atoms with Crippen LogP contribution >= 0.6 is 0 Å². The van der Waals surface area contributed by atoms with Crippen molar-refractivity contribution in [3.05, 3.63) is 30.3 Å². The van der Waals surface area contributed by atoms with Crippen molar-refractivity contribution in [3.8, 4) is 0 Å². The molecular weight excluding hydrogens is 314 g/mol. The van der Waals surface area contributed by atoms with Crippen LogP contribution in [0.1, 0.15) is 19.8 Å². The molecule has 8 heteroatoms. The van der Waals surface area contributed by atoms with Gasteiger partial charge in [0.25, 0.3) is 5.91 Å². The third-order valence-corrected chi connectivity index (χ3v) is 4.11. The largest absolute Gasteiger partial charge is 0.464 e. The SMILES string of the molecule is COC(=O)C1=NN(C(C)=O)C2(CC(=O)N(c3ccccc3)C2=O)C1. The van der Waals surface area contributed by atoms with E-state index in [1.807, 2.05) is 0 Å². The average molecular weight is 329 g/mol. The van der Waals surface area contributed by atoms with E-state index in [0.717, 1.165) is 9.91 Å². The standard InChI is InChI=1S/C16H15N3O5/c1-10(20)19-16(8-12(17-19)14(22)24-2)9-13(21)18(15(16)23)11-6-4-3-5-7-11/h3-7H,8-9H2,1-2H3. The molecule has 3 amide bonds. The minimum absolute atomic E-state index is 0.0521. The van der Waals surface area contributed by atoms with Gasteiger partial charge in [0, 0.05) is 13.3 Å². The molecule has 1 spiro atoms. The topological polar surface area (TPSA) is 96.3 Å². The number of hydrogen-bond donors (Lipinski definition) is 0. The van der Waals surface area contributed by atoms with Crippen LogP contribution in [0.15, 0.2) is 35.4 Å². The number of methoxy groups -OCH3 is 1. The third-order valence-electron chi connectivity index (χ3n) is 4.11. The van der Waals surface area contributed by atoms with Crippen LogP contribution in [0.5, 0.6) is 0 Å². The molecule has 1 fully saturated rings. The van der Waals surface area contributed by atoms with Gasteiger partial charge in [0.15, 0.2) is 5.54 Å². The summed E-state index contributed by atoms with van der Waals surface area (Å²) in [5, 5.41) is 4.87. The highest BCUT2D eigenvalue weighted by Gasteiger charge is 2.61. The number of amides is 3. The lowest BCUT2D eigenvalue weighted by Gasteiger charge is -2.28. The first-order valence-corrected chi connectivity index (χ1v) is 7.30. The van der Waals surface area contributed by atoms with Gasteiger partial charge in [-0.3, -0.25) is 14.4 Å². The van der Waals surface area contributed by atoms with E-state index in [4.69, 9.17) is 0 Å². The maximum absolute atomic E-state index is 13.0. The Kier molecular flexibility index (Phi) is 3.67. The summed E-state index contributed by atoms with van der Waals surface area (Å²) in [4.78, 5) is 50.2. The highest BCUT2D eigenvalue weighted by atomic mass is 16.5. The Morgan fingerprint density at radius 1 is 1.17 bits per heavy atom. The van der Waals surface area contributed by atoms with Gasteiger partial charge in [-0.15, -0.1) is 0 Å². The van der Waals surface area contributed by atoms with Crippen LogP contribution in [-0.4, -0.2) is 47.1 Å². The smallest absolute Gasteiger partial charge is 0.354 e. The number of benzene rings is 1. The van der Waals surface area contributed by atoms with Gasteiger partial charge in [-0.1, -0.05) is 18.2 Å². The Bertz CT molecular complexity index is 773. The molecular formula is C16H15N3O5. The summed E-state index contributed by atoms with van der Waals surface area (Å²) >= 11 is 0. The first-order chi connectivity index (χ1) is 11.4.